The number of nitrogens with zero attached hydrogens (tertiary/aromatic N) is 3. The maximum absolute atomic E-state index is 10.7. The molecule has 0 aromatic carbocycles. The first-order valence-electron chi connectivity index (χ1n) is 4.91. The lowest BCUT2D eigenvalue weighted by Crippen LogP contribution is -2.23. The Kier molecular flexibility index (Phi) is 4.61. The predicted molar refractivity (Wildman–Crippen MR) is 63.8 cm³/mol. The van der Waals surface area contributed by atoms with Crippen LogP contribution in [-0.4, -0.2) is 37.2 Å². The highest BCUT2D eigenvalue weighted by Crippen LogP contribution is 2.21. The van der Waals surface area contributed by atoms with Crippen molar-refractivity contribution in [3.8, 4) is 0 Å². The number of nitrogens with two attached hydrogens (primary N) is 1. The Morgan fingerprint density at radius 3 is 2.88 bits per heavy atom. The number of aromatic nitrogens is 1. The topological polar surface area (TPSA) is 107 Å². The molecule has 8 nitrogen and oxygen atoms in total. The van der Waals surface area contributed by atoms with Crippen LogP contribution in [0.4, 0.5) is 17.3 Å². The van der Waals surface area contributed by atoms with Crippen molar-refractivity contribution in [3.05, 3.63) is 22.2 Å². The van der Waals surface area contributed by atoms with Gasteiger partial charge in [-0.15, -0.1) is 0 Å². The summed E-state index contributed by atoms with van der Waals surface area (Å²) in [5.41, 5.74) is 2.24. The van der Waals surface area contributed by atoms with E-state index in [-0.39, 0.29) is 11.5 Å². The number of ether oxygens (including phenoxy) is 1. The van der Waals surface area contributed by atoms with Gasteiger partial charge in [-0.1, -0.05) is 0 Å². The maximum atomic E-state index is 10.7. The first kappa shape index (κ1) is 13.1. The van der Waals surface area contributed by atoms with Crippen molar-refractivity contribution in [1.82, 2.24) is 4.98 Å². The molecule has 0 amide bonds. The summed E-state index contributed by atoms with van der Waals surface area (Å²) < 4.78 is 4.92. The molecule has 0 bridgehead atoms. The van der Waals surface area contributed by atoms with Crippen molar-refractivity contribution in [2.24, 2.45) is 5.84 Å². The van der Waals surface area contributed by atoms with Gasteiger partial charge in [0.2, 0.25) is 0 Å². The highest BCUT2D eigenvalue weighted by Gasteiger charge is 2.13. The Labute approximate surface area is 98.5 Å². The molecule has 0 aliphatic rings. The molecular weight excluding hydrogens is 226 g/mol. The monoisotopic (exact) mass is 241 g/mol. The van der Waals surface area contributed by atoms with Crippen molar-refractivity contribution in [2.75, 3.05) is 37.6 Å². The number of hydrogen-bond acceptors (Lipinski definition) is 7. The number of anilines is 2. The van der Waals surface area contributed by atoms with E-state index < -0.39 is 4.92 Å². The zero-order chi connectivity index (χ0) is 12.8. The van der Waals surface area contributed by atoms with Gasteiger partial charge in [0, 0.05) is 20.7 Å². The molecule has 1 aromatic heterocycles. The van der Waals surface area contributed by atoms with E-state index in [2.05, 4.69) is 10.4 Å². The highest BCUT2D eigenvalue weighted by atomic mass is 16.6. The molecule has 94 valence electrons. The second kappa shape index (κ2) is 5.97. The number of likely N-dealkylation sites (N-methyl/N-ethyl adjacent to an activating group) is 1. The third-order valence-electron chi connectivity index (χ3n) is 2.18. The number of nitro groups is 1. The quantitative estimate of drug-likeness (QED) is 0.420. The molecule has 0 fully saturated rings. The highest BCUT2D eigenvalue weighted by molar-refractivity contribution is 5.55. The largest absolute Gasteiger partial charge is 0.383 e. The summed E-state index contributed by atoms with van der Waals surface area (Å²) >= 11 is 0. The zero-order valence-corrected chi connectivity index (χ0v) is 9.71. The fraction of sp³-hybridized carbons (Fsp3) is 0.444. The summed E-state index contributed by atoms with van der Waals surface area (Å²) in [6.45, 7) is 1.08. The molecule has 1 heterocycles. The lowest BCUT2D eigenvalue weighted by molar-refractivity contribution is -0.384. The third-order valence-corrected chi connectivity index (χ3v) is 2.18. The van der Waals surface area contributed by atoms with E-state index in [1.807, 2.05) is 0 Å². The van der Waals surface area contributed by atoms with Gasteiger partial charge >= 0.3 is 0 Å². The number of nitrogen functional groups attached to an aromatic ring is 1. The summed E-state index contributed by atoms with van der Waals surface area (Å²) in [6, 6.07) is 2.66. The molecule has 0 spiro atoms. The molecule has 0 unspecified atom stereocenters. The second-order valence-corrected chi connectivity index (χ2v) is 3.38. The van der Waals surface area contributed by atoms with Crippen LogP contribution in [-0.2, 0) is 4.74 Å². The van der Waals surface area contributed by atoms with Gasteiger partial charge in [0.05, 0.1) is 23.7 Å². The number of hydrazine groups is 1. The number of hydrogen-bond donors (Lipinski definition) is 2. The summed E-state index contributed by atoms with van der Waals surface area (Å²) in [6.07, 6.45) is 0. The van der Waals surface area contributed by atoms with Crippen molar-refractivity contribution in [1.29, 1.82) is 0 Å². The molecule has 3 N–H and O–H groups in total. The molecule has 0 atom stereocenters. The van der Waals surface area contributed by atoms with Gasteiger partial charge in [-0.2, -0.15) is 0 Å². The van der Waals surface area contributed by atoms with E-state index >= 15 is 0 Å². The minimum Gasteiger partial charge on any atom is -0.383 e. The molecule has 1 aromatic rings. The van der Waals surface area contributed by atoms with Gasteiger partial charge < -0.3 is 15.1 Å². The molecular formula is C9H15N5O3. The first-order chi connectivity index (χ1) is 8.08. The van der Waals surface area contributed by atoms with Gasteiger partial charge in [-0.05, 0) is 0 Å². The standard InChI is InChI=1S/C9H15N5O3/c1-13(3-4-17-2)9-6-7(14(15)16)5-8(11-9)12-10/h5-6H,3-4,10H2,1-2H3,(H,11,12). The Hall–Kier alpha value is -1.93. The molecule has 0 saturated carbocycles. The van der Waals surface area contributed by atoms with Gasteiger partial charge in [-0.3, -0.25) is 10.1 Å². The molecule has 0 radical (unpaired) electrons. The smallest absolute Gasteiger partial charge is 0.276 e. The summed E-state index contributed by atoms with van der Waals surface area (Å²) in [5, 5.41) is 10.7. The van der Waals surface area contributed by atoms with Crippen LogP contribution >= 0.6 is 0 Å². The minimum atomic E-state index is -0.490. The Bertz CT molecular complexity index is 398. The normalized spacial score (nSPS) is 10.1. The molecule has 17 heavy (non-hydrogen) atoms. The van der Waals surface area contributed by atoms with Crippen LogP contribution in [0.15, 0.2) is 12.1 Å². The Morgan fingerprint density at radius 2 is 2.35 bits per heavy atom. The van der Waals surface area contributed by atoms with Crippen molar-refractivity contribution in [2.45, 2.75) is 0 Å². The van der Waals surface area contributed by atoms with Crippen LogP contribution in [0, 0.1) is 10.1 Å². The van der Waals surface area contributed by atoms with Gasteiger partial charge in [-0.25, -0.2) is 10.8 Å². The van der Waals surface area contributed by atoms with Crippen LogP contribution in [0.25, 0.3) is 0 Å². The number of methoxy groups -OCH3 is 1. The second-order valence-electron chi connectivity index (χ2n) is 3.38. The lowest BCUT2D eigenvalue weighted by atomic mass is 10.3. The molecule has 0 aliphatic carbocycles. The average Bonchev–Trinajstić information content (AvgIpc) is 2.35. The number of nitrogens with one attached hydrogen (secondary N) is 1. The van der Waals surface area contributed by atoms with E-state index in [1.54, 1.807) is 19.1 Å². The number of rotatable bonds is 6. The van der Waals surface area contributed by atoms with Crippen molar-refractivity contribution < 1.29 is 9.66 Å². The Balaban J connectivity index is 2.97. The van der Waals surface area contributed by atoms with Gasteiger partial charge in [0.1, 0.15) is 11.6 Å². The molecule has 1 rings (SSSR count). The summed E-state index contributed by atoms with van der Waals surface area (Å²) in [7, 11) is 3.35. The van der Waals surface area contributed by atoms with Crippen molar-refractivity contribution >= 4 is 17.3 Å². The van der Waals surface area contributed by atoms with Crippen LogP contribution < -0.4 is 16.2 Å². The first-order valence-corrected chi connectivity index (χ1v) is 4.91. The minimum absolute atomic E-state index is 0.0628. The van der Waals surface area contributed by atoms with Crippen LogP contribution in [0.2, 0.25) is 0 Å². The van der Waals surface area contributed by atoms with E-state index in [4.69, 9.17) is 10.6 Å². The van der Waals surface area contributed by atoms with Gasteiger partial charge in [0.25, 0.3) is 5.69 Å². The zero-order valence-electron chi connectivity index (χ0n) is 9.71. The fourth-order valence-electron chi connectivity index (χ4n) is 1.22. The van der Waals surface area contributed by atoms with Crippen LogP contribution in [0.3, 0.4) is 0 Å². The average molecular weight is 241 g/mol. The SMILES string of the molecule is COCCN(C)c1cc([N+](=O)[O-])cc(NN)n1. The van der Waals surface area contributed by atoms with Crippen molar-refractivity contribution in [3.63, 3.8) is 0 Å². The fourth-order valence-corrected chi connectivity index (χ4v) is 1.22. The van der Waals surface area contributed by atoms with E-state index in [0.29, 0.717) is 19.0 Å². The van der Waals surface area contributed by atoms with Crippen LogP contribution in [0.1, 0.15) is 0 Å². The predicted octanol–water partition coefficient (Wildman–Crippen LogP) is 0.358. The maximum Gasteiger partial charge on any atom is 0.276 e. The van der Waals surface area contributed by atoms with E-state index in [0.717, 1.165) is 0 Å². The van der Waals surface area contributed by atoms with E-state index in [1.165, 1.54) is 12.1 Å². The summed E-state index contributed by atoms with van der Waals surface area (Å²) in [5.74, 6) is 5.92. The van der Waals surface area contributed by atoms with E-state index in [9.17, 15) is 10.1 Å². The van der Waals surface area contributed by atoms with Gasteiger partial charge in [0.15, 0.2) is 0 Å². The number of pyridine rings is 1. The molecule has 0 saturated heterocycles. The summed E-state index contributed by atoms with van der Waals surface area (Å²) in [4.78, 5) is 16.1. The third kappa shape index (κ3) is 3.54. The molecule has 0 aliphatic heterocycles. The lowest BCUT2D eigenvalue weighted by Gasteiger charge is -2.17. The Morgan fingerprint density at radius 1 is 1.65 bits per heavy atom. The van der Waals surface area contributed by atoms with Crippen LogP contribution in [0.5, 0.6) is 0 Å². The molecule has 8 heteroatoms.